The summed E-state index contributed by atoms with van der Waals surface area (Å²) in [7, 11) is -3.82. The largest absolute Gasteiger partial charge is 0.368 e. The second-order valence-electron chi connectivity index (χ2n) is 11.7. The summed E-state index contributed by atoms with van der Waals surface area (Å²) in [6.07, 6.45) is -0.0257. The normalized spacial score (nSPS) is 26.3. The first-order valence-electron chi connectivity index (χ1n) is 14.6. The van der Waals surface area contributed by atoms with Gasteiger partial charge in [0.15, 0.2) is 6.23 Å². The van der Waals surface area contributed by atoms with Crippen molar-refractivity contribution in [3.63, 3.8) is 0 Å². The van der Waals surface area contributed by atoms with Crippen molar-refractivity contribution in [2.24, 2.45) is 0 Å². The van der Waals surface area contributed by atoms with E-state index < -0.39 is 31.6 Å². The molecule has 5 aromatic rings. The molecule has 0 radical (unpaired) electrons. The molecule has 9 heteroatoms. The molecule has 3 heterocycles. The van der Waals surface area contributed by atoms with Gasteiger partial charge in [0.2, 0.25) is 0 Å². The molecule has 2 saturated heterocycles. The van der Waals surface area contributed by atoms with Crippen LogP contribution in [0.3, 0.4) is 0 Å². The second-order valence-corrected chi connectivity index (χ2v) is 13.5. The van der Waals surface area contributed by atoms with E-state index in [0.29, 0.717) is 12.2 Å². The number of carbonyl (C=O) groups excluding carboxylic acids is 1. The van der Waals surface area contributed by atoms with Crippen LogP contribution >= 0.6 is 7.60 Å². The molecule has 0 spiro atoms. The Morgan fingerprint density at radius 1 is 1.02 bits per heavy atom. The van der Waals surface area contributed by atoms with Crippen LogP contribution in [0, 0.1) is 11.8 Å². The van der Waals surface area contributed by atoms with E-state index in [2.05, 4.69) is 78.3 Å². The van der Waals surface area contributed by atoms with Gasteiger partial charge in [0.05, 0.1) is 6.61 Å². The van der Waals surface area contributed by atoms with Crippen LogP contribution in [-0.2, 0) is 23.4 Å². The van der Waals surface area contributed by atoms with Crippen LogP contribution in [0.5, 0.6) is 0 Å². The van der Waals surface area contributed by atoms with E-state index in [4.69, 9.17) is 14.0 Å². The molecule has 2 unspecified atom stereocenters. The minimum absolute atomic E-state index is 0.228. The third-order valence-corrected chi connectivity index (χ3v) is 9.71. The number of hydrogen-bond acceptors (Lipinski definition) is 6. The highest BCUT2D eigenvalue weighted by Crippen LogP contribution is 2.52. The lowest BCUT2D eigenvalue weighted by atomic mass is 9.88. The first-order valence-corrected chi connectivity index (χ1v) is 16.6. The summed E-state index contributed by atoms with van der Waals surface area (Å²) in [5, 5.41) is 12.1. The van der Waals surface area contributed by atoms with Crippen molar-refractivity contribution >= 4 is 56.6 Å². The van der Waals surface area contributed by atoms with Gasteiger partial charge in [-0.05, 0) is 55.6 Å². The van der Waals surface area contributed by atoms with E-state index in [9.17, 15) is 14.3 Å². The van der Waals surface area contributed by atoms with Crippen LogP contribution in [0.25, 0.3) is 43.1 Å². The fraction of sp³-hybridized carbons (Fsp3) is 0.229. The summed E-state index contributed by atoms with van der Waals surface area (Å²) in [5.74, 6) is 6.26. The monoisotopic (exact) mass is 604 g/mol. The molecular formula is C35H29N2O6P. The number of hydrogen-bond donors (Lipinski definition) is 2. The zero-order valence-corrected chi connectivity index (χ0v) is 25.1. The van der Waals surface area contributed by atoms with Gasteiger partial charge in [0, 0.05) is 18.4 Å². The molecule has 0 saturated carbocycles. The van der Waals surface area contributed by atoms with E-state index in [1.807, 2.05) is 19.1 Å². The first kappa shape index (κ1) is 27.3. The van der Waals surface area contributed by atoms with Gasteiger partial charge in [-0.2, -0.15) is 0 Å². The maximum Gasteiger partial charge on any atom is 0.325 e. The number of benzene rings is 5. The third kappa shape index (κ3) is 4.02. The average Bonchev–Trinajstić information content (AvgIpc) is 3.49. The van der Waals surface area contributed by atoms with Gasteiger partial charge in [-0.15, -0.1) is 0 Å². The summed E-state index contributed by atoms with van der Waals surface area (Å²) < 4.78 is 30.2. The van der Waals surface area contributed by atoms with Crippen LogP contribution in [0.4, 0.5) is 0 Å². The molecule has 5 aromatic carbocycles. The summed E-state index contributed by atoms with van der Waals surface area (Å²) in [5.41, 5.74) is 0.143. The Morgan fingerprint density at radius 3 is 2.39 bits per heavy atom. The highest BCUT2D eigenvalue weighted by atomic mass is 31.2. The van der Waals surface area contributed by atoms with Crippen molar-refractivity contribution in [2.75, 3.05) is 13.3 Å². The molecule has 3 aliphatic rings. The lowest BCUT2D eigenvalue weighted by molar-refractivity contribution is -0.182. The zero-order chi connectivity index (χ0) is 30.4. The number of rotatable bonds is 4. The smallest absolute Gasteiger partial charge is 0.325 e. The van der Waals surface area contributed by atoms with Gasteiger partial charge < -0.3 is 24.6 Å². The maximum atomic E-state index is 13.1. The summed E-state index contributed by atoms with van der Waals surface area (Å²) in [6.45, 7) is 7.31. The third-order valence-electron chi connectivity index (χ3n) is 9.10. The molecule has 0 aromatic heterocycles. The Morgan fingerprint density at radius 2 is 1.68 bits per heavy atom. The molecule has 0 aliphatic carbocycles. The number of fused-ring (bicyclic) bond motifs is 4. The van der Waals surface area contributed by atoms with Gasteiger partial charge >= 0.3 is 7.60 Å². The van der Waals surface area contributed by atoms with Crippen molar-refractivity contribution < 1.29 is 28.3 Å². The van der Waals surface area contributed by atoms with E-state index in [1.54, 1.807) is 11.1 Å². The molecule has 5 atom stereocenters. The summed E-state index contributed by atoms with van der Waals surface area (Å²) >= 11 is 0. The highest BCUT2D eigenvalue weighted by molar-refractivity contribution is 7.51. The Labute approximate surface area is 253 Å². The van der Waals surface area contributed by atoms with E-state index in [-0.39, 0.29) is 18.1 Å². The molecule has 2 N–H and O–H groups in total. The van der Waals surface area contributed by atoms with Crippen molar-refractivity contribution in [1.29, 1.82) is 0 Å². The summed E-state index contributed by atoms with van der Waals surface area (Å²) in [6, 6.07) is 23.2. The fourth-order valence-electron chi connectivity index (χ4n) is 7.06. The first-order chi connectivity index (χ1) is 21.2. The maximum absolute atomic E-state index is 13.1. The summed E-state index contributed by atoms with van der Waals surface area (Å²) in [4.78, 5) is 24.7. The molecule has 2 fully saturated rings. The van der Waals surface area contributed by atoms with Crippen molar-refractivity contribution in [3.05, 3.63) is 96.5 Å². The number of amides is 1. The van der Waals surface area contributed by atoms with E-state index in [0.717, 1.165) is 33.8 Å². The Hall–Kier alpha value is -4.22. The molecule has 2 bridgehead atoms. The van der Waals surface area contributed by atoms with Gasteiger partial charge in [-0.25, -0.2) is 0 Å². The van der Waals surface area contributed by atoms with Crippen molar-refractivity contribution in [2.45, 2.75) is 37.4 Å². The molecular weight excluding hydrogens is 575 g/mol. The Bertz CT molecular complexity index is 2140. The topological polar surface area (TPSA) is 97.3 Å². The lowest BCUT2D eigenvalue weighted by Gasteiger charge is -2.38. The van der Waals surface area contributed by atoms with Gasteiger partial charge in [-0.3, -0.25) is 13.9 Å². The minimum atomic E-state index is -3.82. The Kier molecular flexibility index (Phi) is 5.99. The predicted octanol–water partition coefficient (Wildman–Crippen LogP) is 5.98. The predicted molar refractivity (Wildman–Crippen MR) is 170 cm³/mol. The molecule has 220 valence electrons. The van der Waals surface area contributed by atoms with Crippen LogP contribution < -0.4 is 5.32 Å². The fourth-order valence-corrected chi connectivity index (χ4v) is 7.79. The Balaban J connectivity index is 1.20. The average molecular weight is 605 g/mol. The molecule has 1 amide bonds. The number of nitrogens with one attached hydrogen (secondary N) is 1. The lowest BCUT2D eigenvalue weighted by Crippen LogP contribution is -2.49. The van der Waals surface area contributed by atoms with Crippen molar-refractivity contribution in [3.8, 4) is 11.8 Å². The van der Waals surface area contributed by atoms with Gasteiger partial charge in [0.25, 0.3) is 5.91 Å². The SMILES string of the molecule is C=C1NC(=O)C(C#Cc2ccc3c4cccc5cccc(c6cccc2c63)c54)=CN1[C@@H]1O[C@]2(CC)CO[C@@H]1C2OP(C)(=O)O. The molecule has 8 rings (SSSR count). The van der Waals surface area contributed by atoms with E-state index in [1.165, 1.54) is 21.5 Å². The highest BCUT2D eigenvalue weighted by Gasteiger charge is 2.64. The van der Waals surface area contributed by atoms with Crippen LogP contribution in [0.1, 0.15) is 18.9 Å². The number of nitrogens with zero attached hydrogens (tertiary/aromatic N) is 1. The zero-order valence-electron chi connectivity index (χ0n) is 24.2. The molecule has 44 heavy (non-hydrogen) atoms. The van der Waals surface area contributed by atoms with Crippen LogP contribution in [0.2, 0.25) is 0 Å². The van der Waals surface area contributed by atoms with Crippen molar-refractivity contribution in [1.82, 2.24) is 10.2 Å². The standard InChI is InChI=1S/C35H29N2O6P/c1-4-35-19-41-31(32(35)43-44(3,39)40)34(42-35)37-18-23(33(38)36-20(37)2)15-14-21-16-17-28-26-12-6-9-22-8-5-11-25(29(22)26)27-13-7-10-24(21)30(27)28/h5-13,16-18,31-32,34H,2,4,19H2,1,3H3,(H,36,38)(H,39,40)/t31-,32?,34-,35-/m1/s1. The number of carbonyl (C=O) groups is 1. The van der Waals surface area contributed by atoms with Crippen LogP contribution in [0.15, 0.2) is 90.9 Å². The van der Waals surface area contributed by atoms with Gasteiger partial charge in [-0.1, -0.05) is 86.0 Å². The molecule has 3 aliphatic heterocycles. The number of ether oxygens (including phenoxy) is 2. The van der Waals surface area contributed by atoms with Gasteiger partial charge in [0.1, 0.15) is 29.2 Å². The van der Waals surface area contributed by atoms with Crippen LogP contribution in [-0.4, -0.2) is 53.0 Å². The molecule has 8 nitrogen and oxygen atoms in total. The second kappa shape index (κ2) is 9.64. The minimum Gasteiger partial charge on any atom is -0.368 e. The quantitative estimate of drug-likeness (QED) is 0.113. The van der Waals surface area contributed by atoms with E-state index >= 15 is 0 Å².